The molecule has 0 bridgehead atoms. The van der Waals surface area contributed by atoms with Crippen molar-refractivity contribution < 1.29 is 19.0 Å². The molecule has 0 spiro atoms. The van der Waals surface area contributed by atoms with E-state index in [-0.39, 0.29) is 12.1 Å². The van der Waals surface area contributed by atoms with Crippen molar-refractivity contribution in [3.05, 3.63) is 0 Å². The zero-order valence-corrected chi connectivity index (χ0v) is 13.5. The summed E-state index contributed by atoms with van der Waals surface area (Å²) >= 11 is 0. The van der Waals surface area contributed by atoms with Crippen molar-refractivity contribution in [2.45, 2.75) is 51.9 Å². The van der Waals surface area contributed by atoms with Crippen molar-refractivity contribution in [3.63, 3.8) is 0 Å². The first kappa shape index (κ1) is 17.4. The van der Waals surface area contributed by atoms with Crippen LogP contribution in [0.2, 0.25) is 0 Å². The van der Waals surface area contributed by atoms with Gasteiger partial charge in [0.25, 0.3) is 0 Å². The number of nitrogens with zero attached hydrogens (tertiary/aromatic N) is 1. The molecule has 0 aromatic carbocycles. The predicted octanol–water partition coefficient (Wildman–Crippen LogP) is 2.05. The average Bonchev–Trinajstić information content (AvgIpc) is 2.72. The van der Waals surface area contributed by atoms with E-state index in [0.29, 0.717) is 32.0 Å². The molecule has 1 saturated heterocycles. The van der Waals surface area contributed by atoms with E-state index in [2.05, 4.69) is 18.7 Å². The molecule has 0 aromatic heterocycles. The van der Waals surface area contributed by atoms with Gasteiger partial charge in [0.05, 0.1) is 19.3 Å². The van der Waals surface area contributed by atoms with Gasteiger partial charge in [0.1, 0.15) is 0 Å². The highest BCUT2D eigenvalue weighted by Crippen LogP contribution is 2.31. The van der Waals surface area contributed by atoms with Crippen LogP contribution in [-0.4, -0.2) is 56.6 Å². The molecule has 1 fully saturated rings. The summed E-state index contributed by atoms with van der Waals surface area (Å²) in [5.41, 5.74) is 0. The molecule has 0 aliphatic carbocycles. The molecule has 1 rings (SSSR count). The molecule has 0 amide bonds. The van der Waals surface area contributed by atoms with Gasteiger partial charge in [-0.25, -0.2) is 0 Å². The summed E-state index contributed by atoms with van der Waals surface area (Å²) in [6.07, 6.45) is 2.03. The van der Waals surface area contributed by atoms with Gasteiger partial charge >= 0.3 is 5.97 Å². The number of carbonyl (C=O) groups is 1. The number of carbonyl (C=O) groups excluding carboxylic acids is 1. The third-order valence-electron chi connectivity index (χ3n) is 3.69. The summed E-state index contributed by atoms with van der Waals surface area (Å²) < 4.78 is 16.8. The molecular formula is C15H29NO4. The Hall–Kier alpha value is -0.650. The lowest BCUT2D eigenvalue weighted by Crippen LogP contribution is -2.33. The summed E-state index contributed by atoms with van der Waals surface area (Å²) in [6, 6.07) is 0. The van der Waals surface area contributed by atoms with Gasteiger partial charge < -0.3 is 19.1 Å². The Morgan fingerprint density at radius 1 is 1.45 bits per heavy atom. The lowest BCUT2D eigenvalue weighted by molar-refractivity contribution is -0.184. The number of hydrogen-bond donors (Lipinski definition) is 0. The van der Waals surface area contributed by atoms with Gasteiger partial charge in [-0.3, -0.25) is 4.79 Å². The SMILES string of the molecule is CC(C)C1(C)OCC(CCOC(=O)CCCN(C)C)O1. The molecule has 118 valence electrons. The summed E-state index contributed by atoms with van der Waals surface area (Å²) in [7, 11) is 3.99. The topological polar surface area (TPSA) is 48.0 Å². The van der Waals surface area contributed by atoms with Crippen molar-refractivity contribution in [1.82, 2.24) is 4.90 Å². The largest absolute Gasteiger partial charge is 0.466 e. The van der Waals surface area contributed by atoms with E-state index >= 15 is 0 Å². The van der Waals surface area contributed by atoms with Crippen molar-refractivity contribution in [3.8, 4) is 0 Å². The summed E-state index contributed by atoms with van der Waals surface area (Å²) in [5, 5.41) is 0. The number of rotatable bonds is 8. The van der Waals surface area contributed by atoms with Crippen molar-refractivity contribution in [1.29, 1.82) is 0 Å². The second-order valence-corrected chi connectivity index (χ2v) is 6.14. The Morgan fingerprint density at radius 3 is 2.70 bits per heavy atom. The molecule has 0 aromatic rings. The molecule has 1 aliphatic heterocycles. The van der Waals surface area contributed by atoms with Crippen LogP contribution < -0.4 is 0 Å². The summed E-state index contributed by atoms with van der Waals surface area (Å²) in [5.74, 6) is -0.320. The van der Waals surface area contributed by atoms with E-state index in [9.17, 15) is 4.79 Å². The van der Waals surface area contributed by atoms with Gasteiger partial charge in [-0.1, -0.05) is 13.8 Å². The fourth-order valence-electron chi connectivity index (χ4n) is 2.02. The molecule has 5 heteroatoms. The van der Waals surface area contributed by atoms with E-state index in [1.807, 2.05) is 21.0 Å². The Bertz CT molecular complexity index is 306. The quantitative estimate of drug-likeness (QED) is 0.639. The Kier molecular flexibility index (Phi) is 6.92. The lowest BCUT2D eigenvalue weighted by atomic mass is 10.1. The molecule has 0 radical (unpaired) electrons. The van der Waals surface area contributed by atoms with Crippen LogP contribution in [0.1, 0.15) is 40.0 Å². The zero-order valence-electron chi connectivity index (χ0n) is 13.5. The number of ether oxygens (including phenoxy) is 3. The van der Waals surface area contributed by atoms with E-state index in [1.54, 1.807) is 0 Å². The average molecular weight is 287 g/mol. The standard InChI is InChI=1S/C15H29NO4/c1-12(2)15(3)19-11-13(20-15)8-10-18-14(17)7-6-9-16(4)5/h12-13H,6-11H2,1-5H3. The molecule has 0 N–H and O–H groups in total. The molecule has 20 heavy (non-hydrogen) atoms. The highest BCUT2D eigenvalue weighted by atomic mass is 16.7. The Morgan fingerprint density at radius 2 is 2.15 bits per heavy atom. The van der Waals surface area contributed by atoms with Crippen LogP contribution in [0.4, 0.5) is 0 Å². The van der Waals surface area contributed by atoms with Crippen LogP contribution in [0, 0.1) is 5.92 Å². The molecule has 2 atom stereocenters. The first-order chi connectivity index (χ1) is 9.33. The van der Waals surface area contributed by atoms with Crippen LogP contribution >= 0.6 is 0 Å². The van der Waals surface area contributed by atoms with Gasteiger partial charge in [-0.15, -0.1) is 0 Å². The maximum atomic E-state index is 11.5. The van der Waals surface area contributed by atoms with E-state index in [1.165, 1.54) is 0 Å². The predicted molar refractivity (Wildman–Crippen MR) is 77.4 cm³/mol. The van der Waals surface area contributed by atoms with E-state index in [4.69, 9.17) is 14.2 Å². The van der Waals surface area contributed by atoms with Crippen molar-refractivity contribution in [2.24, 2.45) is 5.92 Å². The number of esters is 1. The van der Waals surface area contributed by atoms with Crippen LogP contribution in [0.15, 0.2) is 0 Å². The monoisotopic (exact) mass is 287 g/mol. The summed E-state index contributed by atoms with van der Waals surface area (Å²) in [4.78, 5) is 13.6. The highest BCUT2D eigenvalue weighted by Gasteiger charge is 2.39. The maximum absolute atomic E-state index is 11.5. The number of hydrogen-bond acceptors (Lipinski definition) is 5. The fourth-order valence-corrected chi connectivity index (χ4v) is 2.02. The zero-order chi connectivity index (χ0) is 15.2. The van der Waals surface area contributed by atoms with Crippen LogP contribution in [-0.2, 0) is 19.0 Å². The van der Waals surface area contributed by atoms with Gasteiger partial charge in [-0.2, -0.15) is 0 Å². The van der Waals surface area contributed by atoms with Crippen molar-refractivity contribution >= 4 is 5.97 Å². The molecular weight excluding hydrogens is 258 g/mol. The third-order valence-corrected chi connectivity index (χ3v) is 3.69. The smallest absolute Gasteiger partial charge is 0.305 e. The highest BCUT2D eigenvalue weighted by molar-refractivity contribution is 5.69. The minimum Gasteiger partial charge on any atom is -0.466 e. The molecule has 2 unspecified atom stereocenters. The van der Waals surface area contributed by atoms with Crippen LogP contribution in [0.5, 0.6) is 0 Å². The normalized spacial score (nSPS) is 26.4. The minimum atomic E-state index is -0.500. The van der Waals surface area contributed by atoms with Gasteiger partial charge in [0, 0.05) is 18.8 Å². The molecule has 1 aliphatic rings. The Labute approximate surface area is 122 Å². The Balaban J connectivity index is 2.12. The fraction of sp³-hybridized carbons (Fsp3) is 0.933. The van der Waals surface area contributed by atoms with Crippen molar-refractivity contribution in [2.75, 3.05) is 33.9 Å². The van der Waals surface area contributed by atoms with Gasteiger partial charge in [0.15, 0.2) is 5.79 Å². The van der Waals surface area contributed by atoms with Gasteiger partial charge in [-0.05, 0) is 34.0 Å². The van der Waals surface area contributed by atoms with Crippen LogP contribution in [0.3, 0.4) is 0 Å². The molecule has 5 nitrogen and oxygen atoms in total. The second-order valence-electron chi connectivity index (χ2n) is 6.14. The molecule has 1 heterocycles. The van der Waals surface area contributed by atoms with E-state index in [0.717, 1.165) is 13.0 Å². The first-order valence-corrected chi connectivity index (χ1v) is 7.45. The maximum Gasteiger partial charge on any atom is 0.305 e. The van der Waals surface area contributed by atoms with E-state index < -0.39 is 5.79 Å². The summed E-state index contributed by atoms with van der Waals surface area (Å²) in [6.45, 7) is 8.00. The minimum absolute atomic E-state index is 0.0250. The van der Waals surface area contributed by atoms with Crippen LogP contribution in [0.25, 0.3) is 0 Å². The first-order valence-electron chi connectivity index (χ1n) is 7.45. The van der Waals surface area contributed by atoms with Gasteiger partial charge in [0.2, 0.25) is 0 Å². The third kappa shape index (κ3) is 5.77. The second kappa shape index (κ2) is 7.96. The molecule has 0 saturated carbocycles. The lowest BCUT2D eigenvalue weighted by Gasteiger charge is -2.27.